The fourth-order valence-corrected chi connectivity index (χ4v) is 2.67. The van der Waals surface area contributed by atoms with Crippen molar-refractivity contribution in [3.05, 3.63) is 23.3 Å². The van der Waals surface area contributed by atoms with Gasteiger partial charge in [-0.3, -0.25) is 4.55 Å². The van der Waals surface area contributed by atoms with Crippen molar-refractivity contribution in [3.8, 4) is 0 Å². The Bertz CT molecular complexity index is 748. The normalized spacial score (nSPS) is 11.7. The predicted octanol–water partition coefficient (Wildman–Crippen LogP) is -0.160. The lowest BCUT2D eigenvalue weighted by Crippen LogP contribution is -2.25. The Balaban J connectivity index is 0.00000529. The van der Waals surface area contributed by atoms with E-state index >= 15 is 0 Å². The van der Waals surface area contributed by atoms with Gasteiger partial charge in [0.1, 0.15) is 0 Å². The van der Waals surface area contributed by atoms with Crippen molar-refractivity contribution in [2.75, 3.05) is 30.1 Å². The second-order valence-electron chi connectivity index (χ2n) is 4.82. The molecule has 0 saturated carbocycles. The maximum absolute atomic E-state index is 11.1. The van der Waals surface area contributed by atoms with Crippen LogP contribution in [0.2, 0.25) is 0 Å². The molecular formula is C12H23N3O7S2. The van der Waals surface area contributed by atoms with Crippen LogP contribution in [0.1, 0.15) is 18.1 Å². The lowest BCUT2D eigenvalue weighted by Gasteiger charge is -2.17. The largest absolute Gasteiger partial charge is 0.418 e. The number of benzene rings is 1. The molecule has 0 spiro atoms. The molecule has 0 aliphatic heterocycles. The Hall–Kier alpha value is -1.44. The quantitative estimate of drug-likeness (QED) is 0.336. The molecule has 0 bridgehead atoms. The summed E-state index contributed by atoms with van der Waals surface area (Å²) in [5.41, 5.74) is 4.78. The summed E-state index contributed by atoms with van der Waals surface area (Å²) >= 11 is 0. The fraction of sp³-hybridized carbons (Fsp3) is 0.500. The van der Waals surface area contributed by atoms with Crippen LogP contribution in [0.25, 0.3) is 0 Å². The third-order valence-electron chi connectivity index (χ3n) is 2.96. The Kier molecular flexibility index (Phi) is 8.60. The first-order valence-corrected chi connectivity index (χ1v) is 10.0. The average molecular weight is 385 g/mol. The Labute approximate surface area is 141 Å². The molecule has 1 aromatic carbocycles. The maximum Gasteiger partial charge on any atom is 0.418 e. The highest BCUT2D eigenvalue weighted by atomic mass is 32.3. The van der Waals surface area contributed by atoms with Crippen LogP contribution in [0, 0.1) is 6.92 Å². The first-order valence-electron chi connectivity index (χ1n) is 6.76. The molecule has 0 amide bonds. The highest BCUT2D eigenvalue weighted by molar-refractivity contribution is 7.88. The van der Waals surface area contributed by atoms with E-state index in [1.54, 1.807) is 19.1 Å². The first kappa shape index (κ1) is 22.6. The van der Waals surface area contributed by atoms with Crippen molar-refractivity contribution >= 4 is 31.8 Å². The number of rotatable bonds is 9. The number of sulfonamides is 1. The highest BCUT2D eigenvalue weighted by Gasteiger charge is 2.13. The average Bonchev–Trinajstić information content (AvgIpc) is 2.39. The Morgan fingerprint density at radius 1 is 1.17 bits per heavy atom. The number of anilines is 2. The van der Waals surface area contributed by atoms with Gasteiger partial charge in [-0.2, -0.15) is 8.42 Å². The minimum absolute atomic E-state index is 0. The smallest absolute Gasteiger partial charge is 0.412 e. The van der Waals surface area contributed by atoms with E-state index in [1.807, 2.05) is 6.92 Å². The van der Waals surface area contributed by atoms with Crippen LogP contribution in [0.3, 0.4) is 0 Å². The summed E-state index contributed by atoms with van der Waals surface area (Å²) in [6, 6.07) is 3.30. The van der Waals surface area contributed by atoms with Gasteiger partial charge in [0, 0.05) is 18.8 Å². The van der Waals surface area contributed by atoms with Gasteiger partial charge in [0.25, 0.3) is 0 Å². The first-order chi connectivity index (χ1) is 10.5. The van der Waals surface area contributed by atoms with Gasteiger partial charge in [0.15, 0.2) is 0 Å². The molecule has 10 nitrogen and oxygen atoms in total. The van der Waals surface area contributed by atoms with Crippen molar-refractivity contribution in [1.29, 1.82) is 0 Å². The zero-order valence-corrected chi connectivity index (χ0v) is 15.2. The van der Waals surface area contributed by atoms with Crippen molar-refractivity contribution in [2.24, 2.45) is 0 Å². The second-order valence-corrected chi connectivity index (χ2v) is 7.68. The van der Waals surface area contributed by atoms with Crippen LogP contribution in [-0.2, 0) is 31.1 Å². The summed E-state index contributed by atoms with van der Waals surface area (Å²) in [7, 11) is -7.92. The minimum Gasteiger partial charge on any atom is -0.412 e. The molecule has 24 heavy (non-hydrogen) atoms. The molecule has 0 fully saturated rings. The SMILES string of the molecule is CCNc1ccc(NOS(=O)(=O)O)c(C)c1CCNS(C)(=O)=O.O. The van der Waals surface area contributed by atoms with Gasteiger partial charge in [-0.15, -0.1) is 4.28 Å². The van der Waals surface area contributed by atoms with E-state index in [9.17, 15) is 16.8 Å². The van der Waals surface area contributed by atoms with Crippen molar-refractivity contribution in [2.45, 2.75) is 20.3 Å². The number of nitrogens with one attached hydrogen (secondary N) is 3. The predicted molar refractivity (Wildman–Crippen MR) is 91.8 cm³/mol. The Morgan fingerprint density at radius 2 is 1.75 bits per heavy atom. The number of hydrogen-bond acceptors (Lipinski definition) is 7. The van der Waals surface area contributed by atoms with Crippen molar-refractivity contribution in [1.82, 2.24) is 4.72 Å². The van der Waals surface area contributed by atoms with E-state index in [2.05, 4.69) is 19.8 Å². The fourth-order valence-electron chi connectivity index (χ4n) is 2.00. The zero-order chi connectivity index (χ0) is 17.7. The molecule has 1 aromatic rings. The van der Waals surface area contributed by atoms with Gasteiger partial charge in [-0.1, -0.05) is 0 Å². The monoisotopic (exact) mass is 385 g/mol. The van der Waals surface area contributed by atoms with Crippen LogP contribution in [0.5, 0.6) is 0 Å². The van der Waals surface area contributed by atoms with Crippen LogP contribution < -0.4 is 15.5 Å². The topological polar surface area (TPSA) is 165 Å². The molecular weight excluding hydrogens is 362 g/mol. The van der Waals surface area contributed by atoms with Gasteiger partial charge in [-0.25, -0.2) is 18.6 Å². The van der Waals surface area contributed by atoms with Crippen molar-refractivity contribution in [3.63, 3.8) is 0 Å². The summed E-state index contributed by atoms with van der Waals surface area (Å²) in [6.07, 6.45) is 1.46. The third-order valence-corrected chi connectivity index (χ3v) is 3.98. The minimum atomic E-state index is -4.63. The number of hydrogen-bond donors (Lipinski definition) is 4. The van der Waals surface area contributed by atoms with Crippen LogP contribution in [0.15, 0.2) is 12.1 Å². The summed E-state index contributed by atoms with van der Waals surface area (Å²) in [5.74, 6) is 0. The van der Waals surface area contributed by atoms with Crippen molar-refractivity contribution < 1.29 is 31.1 Å². The van der Waals surface area contributed by atoms with E-state index in [1.165, 1.54) is 0 Å². The lowest BCUT2D eigenvalue weighted by molar-refractivity contribution is 0.320. The molecule has 0 unspecified atom stereocenters. The van der Waals surface area contributed by atoms with E-state index in [0.29, 0.717) is 24.2 Å². The summed E-state index contributed by atoms with van der Waals surface area (Å²) in [5, 5.41) is 3.15. The molecule has 0 heterocycles. The van der Waals surface area contributed by atoms with E-state index in [0.717, 1.165) is 17.5 Å². The maximum atomic E-state index is 11.1. The van der Waals surface area contributed by atoms with Crippen LogP contribution in [-0.4, -0.2) is 46.2 Å². The van der Waals surface area contributed by atoms with Gasteiger partial charge in [0.05, 0.1) is 11.9 Å². The molecule has 6 N–H and O–H groups in total. The van der Waals surface area contributed by atoms with Gasteiger partial charge in [0.2, 0.25) is 10.0 Å². The summed E-state index contributed by atoms with van der Waals surface area (Å²) in [6.45, 7) is 4.51. The van der Waals surface area contributed by atoms with Crippen LogP contribution >= 0.6 is 0 Å². The van der Waals surface area contributed by atoms with Gasteiger partial charge in [-0.05, 0) is 43.5 Å². The molecule has 0 aliphatic rings. The van der Waals surface area contributed by atoms with Gasteiger partial charge >= 0.3 is 10.4 Å². The molecule has 0 saturated heterocycles. The molecule has 0 radical (unpaired) electrons. The third kappa shape index (κ3) is 7.90. The molecule has 0 aliphatic carbocycles. The molecule has 1 rings (SSSR count). The summed E-state index contributed by atoms with van der Waals surface area (Å²) < 4.78 is 58.7. The van der Waals surface area contributed by atoms with E-state index in [-0.39, 0.29) is 12.0 Å². The standard InChI is InChI=1S/C12H21N3O6S2.H2O/c1-4-13-12-6-5-11(15-21-23(18,19)20)9(2)10(12)7-8-14-22(3,16)17;/h5-6,13-15H,4,7-8H2,1-3H3,(H,18,19,20);1H2. The van der Waals surface area contributed by atoms with E-state index < -0.39 is 20.4 Å². The molecule has 12 heteroatoms. The lowest BCUT2D eigenvalue weighted by atomic mass is 10.0. The van der Waals surface area contributed by atoms with Crippen LogP contribution in [0.4, 0.5) is 11.4 Å². The van der Waals surface area contributed by atoms with E-state index in [4.69, 9.17) is 4.55 Å². The molecule has 0 aromatic heterocycles. The highest BCUT2D eigenvalue weighted by Crippen LogP contribution is 2.27. The summed E-state index contributed by atoms with van der Waals surface area (Å²) in [4.78, 5) is 0. The second kappa shape index (κ2) is 9.15. The zero-order valence-electron chi connectivity index (χ0n) is 13.6. The van der Waals surface area contributed by atoms with Gasteiger partial charge < -0.3 is 10.8 Å². The molecule has 140 valence electrons. The molecule has 0 atom stereocenters. The Morgan fingerprint density at radius 3 is 2.25 bits per heavy atom.